The molecule has 5 nitrogen and oxygen atoms in total. The molecule has 0 bridgehead atoms. The molecule has 0 fully saturated rings. The lowest BCUT2D eigenvalue weighted by molar-refractivity contribution is -0.113. The molecule has 6 heteroatoms. The molecule has 3 aromatic rings. The van der Waals surface area contributed by atoms with E-state index in [9.17, 15) is 9.18 Å². The van der Waals surface area contributed by atoms with Gasteiger partial charge in [-0.2, -0.15) is 0 Å². The summed E-state index contributed by atoms with van der Waals surface area (Å²) in [5, 5.41) is 2.90. The predicted octanol–water partition coefficient (Wildman–Crippen LogP) is 3.65. The maximum atomic E-state index is 13.1. The van der Waals surface area contributed by atoms with Gasteiger partial charge in [-0.1, -0.05) is 6.08 Å². The standard InChI is InChI=1S/C19H16FN3O2/c20-14-3-1-12(2-4-14)18-22-16-6-5-15(11-17(16)23-18)21-19(24)13-7-9-25-10-8-13/h1-7,11H,8-10H2,(H,21,24)(H,22,23). The Morgan fingerprint density at radius 1 is 1.20 bits per heavy atom. The molecule has 2 heterocycles. The summed E-state index contributed by atoms with van der Waals surface area (Å²) in [5.74, 6) is 0.263. The third kappa shape index (κ3) is 3.29. The van der Waals surface area contributed by atoms with E-state index in [0.717, 1.165) is 22.2 Å². The van der Waals surface area contributed by atoms with E-state index in [0.29, 0.717) is 31.1 Å². The van der Waals surface area contributed by atoms with E-state index in [1.54, 1.807) is 18.2 Å². The molecule has 0 unspecified atom stereocenters. The number of rotatable bonds is 3. The van der Waals surface area contributed by atoms with E-state index < -0.39 is 0 Å². The van der Waals surface area contributed by atoms with Crippen LogP contribution < -0.4 is 5.32 Å². The van der Waals surface area contributed by atoms with Crippen LogP contribution in [0.4, 0.5) is 10.1 Å². The van der Waals surface area contributed by atoms with E-state index in [-0.39, 0.29) is 11.7 Å². The number of halogens is 1. The third-order valence-electron chi connectivity index (χ3n) is 4.11. The smallest absolute Gasteiger partial charge is 0.251 e. The Kier molecular flexibility index (Phi) is 4.03. The van der Waals surface area contributed by atoms with Crippen LogP contribution in [0.25, 0.3) is 22.4 Å². The highest BCUT2D eigenvalue weighted by atomic mass is 19.1. The summed E-state index contributed by atoms with van der Waals surface area (Å²) >= 11 is 0. The quantitative estimate of drug-likeness (QED) is 0.766. The number of hydrogen-bond donors (Lipinski definition) is 2. The molecule has 25 heavy (non-hydrogen) atoms. The summed E-state index contributed by atoms with van der Waals surface area (Å²) in [6.07, 6.45) is 2.42. The van der Waals surface area contributed by atoms with E-state index in [4.69, 9.17) is 4.74 Å². The third-order valence-corrected chi connectivity index (χ3v) is 4.11. The average Bonchev–Trinajstić information content (AvgIpc) is 3.06. The number of benzene rings is 2. The summed E-state index contributed by atoms with van der Waals surface area (Å²) in [7, 11) is 0. The number of nitrogens with one attached hydrogen (secondary N) is 2. The fourth-order valence-corrected chi connectivity index (χ4v) is 2.78. The van der Waals surface area contributed by atoms with E-state index in [1.807, 2.05) is 18.2 Å². The lowest BCUT2D eigenvalue weighted by Crippen LogP contribution is -2.18. The van der Waals surface area contributed by atoms with Crippen molar-refractivity contribution in [2.45, 2.75) is 6.42 Å². The first-order chi connectivity index (χ1) is 12.2. The van der Waals surface area contributed by atoms with Gasteiger partial charge in [0.1, 0.15) is 11.6 Å². The number of amides is 1. The van der Waals surface area contributed by atoms with Crippen LogP contribution >= 0.6 is 0 Å². The molecule has 0 saturated carbocycles. The van der Waals surface area contributed by atoms with Crippen LogP contribution in [0.1, 0.15) is 6.42 Å². The van der Waals surface area contributed by atoms with Crippen molar-refractivity contribution in [2.24, 2.45) is 0 Å². The van der Waals surface area contributed by atoms with Crippen LogP contribution in [-0.2, 0) is 9.53 Å². The Morgan fingerprint density at radius 3 is 2.80 bits per heavy atom. The number of carbonyl (C=O) groups is 1. The highest BCUT2D eigenvalue weighted by molar-refractivity contribution is 6.04. The Hall–Kier alpha value is -2.99. The highest BCUT2D eigenvalue weighted by Gasteiger charge is 2.13. The number of imidazole rings is 1. The largest absolute Gasteiger partial charge is 0.377 e. The Bertz CT molecular complexity index is 960. The lowest BCUT2D eigenvalue weighted by atomic mass is 10.1. The van der Waals surface area contributed by atoms with Crippen molar-refractivity contribution in [3.63, 3.8) is 0 Å². The zero-order valence-electron chi connectivity index (χ0n) is 13.4. The molecule has 1 aromatic heterocycles. The van der Waals surface area contributed by atoms with Crippen molar-refractivity contribution in [3.8, 4) is 11.4 Å². The second-order valence-corrected chi connectivity index (χ2v) is 5.83. The van der Waals surface area contributed by atoms with Crippen LogP contribution in [0.15, 0.2) is 54.1 Å². The number of H-pyrrole nitrogens is 1. The van der Waals surface area contributed by atoms with Crippen LogP contribution in [0.3, 0.4) is 0 Å². The van der Waals surface area contributed by atoms with Gasteiger partial charge < -0.3 is 15.0 Å². The number of nitrogens with zero attached hydrogens (tertiary/aromatic N) is 1. The van der Waals surface area contributed by atoms with Gasteiger partial charge in [-0.15, -0.1) is 0 Å². The minimum Gasteiger partial charge on any atom is -0.377 e. The molecule has 0 saturated heterocycles. The Balaban J connectivity index is 1.58. The molecule has 1 amide bonds. The molecular formula is C19H16FN3O2. The zero-order chi connectivity index (χ0) is 17.2. The SMILES string of the molecule is O=C(Nc1ccc2nc(-c3ccc(F)cc3)[nH]c2c1)C1=CCOCC1. The number of hydrogen-bond acceptors (Lipinski definition) is 3. The van der Waals surface area contributed by atoms with Crippen molar-refractivity contribution in [3.05, 3.63) is 59.9 Å². The number of aromatic amines is 1. The van der Waals surface area contributed by atoms with Gasteiger partial charge >= 0.3 is 0 Å². The normalized spacial score (nSPS) is 14.4. The first-order valence-electron chi connectivity index (χ1n) is 8.03. The van der Waals surface area contributed by atoms with Crippen molar-refractivity contribution < 1.29 is 13.9 Å². The zero-order valence-corrected chi connectivity index (χ0v) is 13.4. The van der Waals surface area contributed by atoms with E-state index in [1.165, 1.54) is 12.1 Å². The van der Waals surface area contributed by atoms with Crippen molar-refractivity contribution in [1.82, 2.24) is 9.97 Å². The minimum atomic E-state index is -0.285. The summed E-state index contributed by atoms with van der Waals surface area (Å²) in [4.78, 5) is 20.0. The van der Waals surface area contributed by atoms with Crippen LogP contribution in [0, 0.1) is 5.82 Å². The van der Waals surface area contributed by atoms with Crippen LogP contribution in [0.5, 0.6) is 0 Å². The molecule has 2 aromatic carbocycles. The molecule has 126 valence electrons. The molecule has 1 aliphatic rings. The molecule has 0 spiro atoms. The summed E-state index contributed by atoms with van der Waals surface area (Å²) in [5.41, 5.74) is 3.82. The Morgan fingerprint density at radius 2 is 2.04 bits per heavy atom. The monoisotopic (exact) mass is 337 g/mol. The maximum Gasteiger partial charge on any atom is 0.251 e. The topological polar surface area (TPSA) is 67.0 Å². The second kappa shape index (κ2) is 6.49. The number of aromatic nitrogens is 2. The summed E-state index contributed by atoms with van der Waals surface area (Å²) in [6, 6.07) is 11.6. The van der Waals surface area contributed by atoms with Crippen molar-refractivity contribution >= 4 is 22.6 Å². The highest BCUT2D eigenvalue weighted by Crippen LogP contribution is 2.23. The molecule has 2 N–H and O–H groups in total. The van der Waals surface area contributed by atoms with Gasteiger partial charge in [-0.25, -0.2) is 9.37 Å². The fraction of sp³-hybridized carbons (Fsp3) is 0.158. The van der Waals surface area contributed by atoms with E-state index in [2.05, 4.69) is 15.3 Å². The van der Waals surface area contributed by atoms with E-state index >= 15 is 0 Å². The predicted molar refractivity (Wildman–Crippen MR) is 93.6 cm³/mol. The molecule has 0 atom stereocenters. The maximum absolute atomic E-state index is 13.1. The molecule has 0 radical (unpaired) electrons. The molecule has 4 rings (SSSR count). The number of ether oxygens (including phenoxy) is 1. The lowest BCUT2D eigenvalue weighted by Gasteiger charge is -2.13. The van der Waals surface area contributed by atoms with Crippen molar-refractivity contribution in [1.29, 1.82) is 0 Å². The van der Waals surface area contributed by atoms with Gasteiger partial charge in [0.25, 0.3) is 5.91 Å². The second-order valence-electron chi connectivity index (χ2n) is 5.83. The van der Waals surface area contributed by atoms with Gasteiger partial charge in [-0.3, -0.25) is 4.79 Å². The number of anilines is 1. The number of carbonyl (C=O) groups excluding carboxylic acids is 1. The average molecular weight is 337 g/mol. The van der Waals surface area contributed by atoms with Gasteiger partial charge in [-0.05, 0) is 42.5 Å². The summed E-state index contributed by atoms with van der Waals surface area (Å²) < 4.78 is 18.3. The van der Waals surface area contributed by atoms with Gasteiger partial charge in [0.2, 0.25) is 0 Å². The number of fused-ring (bicyclic) bond motifs is 1. The van der Waals surface area contributed by atoms with Crippen LogP contribution in [0.2, 0.25) is 0 Å². The first-order valence-corrected chi connectivity index (χ1v) is 8.03. The molecular weight excluding hydrogens is 321 g/mol. The van der Waals surface area contributed by atoms with Crippen molar-refractivity contribution in [2.75, 3.05) is 18.5 Å². The first kappa shape index (κ1) is 15.5. The Labute approximate surface area is 143 Å². The fourth-order valence-electron chi connectivity index (χ4n) is 2.78. The molecule has 0 aliphatic carbocycles. The summed E-state index contributed by atoms with van der Waals surface area (Å²) in [6.45, 7) is 1.04. The van der Waals surface area contributed by atoms with Gasteiger partial charge in [0.05, 0.1) is 24.2 Å². The van der Waals surface area contributed by atoms with Gasteiger partial charge in [0, 0.05) is 23.2 Å². The van der Waals surface area contributed by atoms with Crippen LogP contribution in [-0.4, -0.2) is 29.1 Å². The minimum absolute atomic E-state index is 0.110. The molecule has 1 aliphatic heterocycles. The van der Waals surface area contributed by atoms with Gasteiger partial charge in [0.15, 0.2) is 0 Å².